The second-order valence-corrected chi connectivity index (χ2v) is 6.44. The molecule has 2 heterocycles. The molecule has 6 N–H and O–H groups in total. The minimum absolute atomic E-state index is 0.0985. The average molecular weight is 437 g/mol. The van der Waals surface area contributed by atoms with Gasteiger partial charge in [-0.2, -0.15) is 4.98 Å². The van der Waals surface area contributed by atoms with Gasteiger partial charge in [0.05, 0.1) is 18.4 Å². The number of hydrogen-bond acceptors (Lipinski definition) is 11. The highest BCUT2D eigenvalue weighted by atomic mass is 16.5. The summed E-state index contributed by atoms with van der Waals surface area (Å²) in [5.74, 6) is 0.886. The molecule has 0 spiro atoms. The third-order valence-electron chi connectivity index (χ3n) is 4.24. The Balaban J connectivity index is 1.96. The Hall–Kier alpha value is -4.48. The van der Waals surface area contributed by atoms with Gasteiger partial charge in [-0.1, -0.05) is 6.07 Å². The molecule has 0 aliphatic heterocycles. The molecule has 0 atom stereocenters. The predicted octanol–water partition coefficient (Wildman–Crippen LogP) is 1.64. The van der Waals surface area contributed by atoms with E-state index in [2.05, 4.69) is 35.8 Å². The Kier molecular flexibility index (Phi) is 6.95. The molecule has 32 heavy (non-hydrogen) atoms. The van der Waals surface area contributed by atoms with Gasteiger partial charge in [-0.25, -0.2) is 4.98 Å². The number of aliphatic imine (C=N–C) groups is 1. The number of carbonyl (C=O) groups excluding carboxylic acids is 1. The van der Waals surface area contributed by atoms with E-state index in [1.54, 1.807) is 38.4 Å². The van der Waals surface area contributed by atoms with Crippen LogP contribution in [0.15, 0.2) is 45.6 Å². The molecule has 3 rings (SSSR count). The van der Waals surface area contributed by atoms with Crippen molar-refractivity contribution >= 4 is 29.6 Å². The first-order valence-corrected chi connectivity index (χ1v) is 9.45. The quantitative estimate of drug-likeness (QED) is 0.359. The Morgan fingerprint density at radius 1 is 1.34 bits per heavy atom. The highest BCUT2D eigenvalue weighted by Crippen LogP contribution is 2.37. The molecule has 0 bridgehead atoms. The molecule has 0 saturated carbocycles. The van der Waals surface area contributed by atoms with Crippen LogP contribution in [-0.4, -0.2) is 53.0 Å². The fourth-order valence-corrected chi connectivity index (χ4v) is 2.79. The summed E-state index contributed by atoms with van der Waals surface area (Å²) in [6.07, 6.45) is 4.36. The zero-order valence-corrected chi connectivity index (χ0v) is 17.8. The second kappa shape index (κ2) is 10.0. The number of benzene rings is 1. The van der Waals surface area contributed by atoms with E-state index >= 15 is 0 Å². The van der Waals surface area contributed by atoms with E-state index in [4.69, 9.17) is 20.6 Å². The number of para-hydroxylation sites is 1. The third-order valence-corrected chi connectivity index (χ3v) is 4.24. The molecule has 0 saturated heterocycles. The van der Waals surface area contributed by atoms with Crippen LogP contribution in [0.3, 0.4) is 0 Å². The van der Waals surface area contributed by atoms with Crippen molar-refractivity contribution in [2.75, 3.05) is 31.3 Å². The van der Waals surface area contributed by atoms with Gasteiger partial charge in [-0.15, -0.1) is 10.2 Å². The number of anilines is 3. The fraction of sp³-hybridized carbons (Fsp3) is 0.200. The van der Waals surface area contributed by atoms with Crippen LogP contribution in [0.25, 0.3) is 11.5 Å². The zero-order valence-electron chi connectivity index (χ0n) is 17.8. The number of rotatable bonds is 9. The van der Waals surface area contributed by atoms with Gasteiger partial charge < -0.3 is 31.3 Å². The first-order valence-electron chi connectivity index (χ1n) is 9.45. The van der Waals surface area contributed by atoms with Crippen molar-refractivity contribution in [3.63, 3.8) is 0 Å². The number of nitrogens with zero attached hydrogens (tertiary/aromatic N) is 5. The summed E-state index contributed by atoms with van der Waals surface area (Å²) >= 11 is 0. The summed E-state index contributed by atoms with van der Waals surface area (Å²) in [6, 6.07) is 5.29. The van der Waals surface area contributed by atoms with Crippen LogP contribution in [0.4, 0.5) is 17.5 Å². The van der Waals surface area contributed by atoms with E-state index in [-0.39, 0.29) is 17.3 Å². The van der Waals surface area contributed by atoms with Crippen molar-refractivity contribution in [2.24, 2.45) is 16.5 Å². The van der Waals surface area contributed by atoms with Gasteiger partial charge in [0.2, 0.25) is 11.8 Å². The number of aromatic nitrogens is 4. The molecular formula is C20H23N9O3. The molecule has 12 nitrogen and oxygen atoms in total. The Morgan fingerprint density at radius 2 is 2.16 bits per heavy atom. The molecular weight excluding hydrogens is 414 g/mol. The van der Waals surface area contributed by atoms with Crippen molar-refractivity contribution in [2.45, 2.75) is 6.92 Å². The zero-order chi connectivity index (χ0) is 23.1. The lowest BCUT2D eigenvalue weighted by atomic mass is 10.1. The standard InChI is InChI=1S/C20H23N9O3/c1-11-28-29-19(32-11)13-5-4-6-15(16(13)31-3)26-18-14(17(22)30)10-25-20(27-18)24-9-12(7-21)8-23-2/h4-8,10H,9,21H2,1-3H3,(H2,22,30)(H2,24,25,26,27)/b12-7+,23-8?. The number of nitrogens with two attached hydrogens (primary N) is 2. The summed E-state index contributed by atoms with van der Waals surface area (Å²) in [7, 11) is 3.14. The molecule has 0 unspecified atom stereocenters. The molecule has 0 aliphatic carbocycles. The molecule has 2 aromatic heterocycles. The number of nitrogens with one attached hydrogen (secondary N) is 2. The monoisotopic (exact) mass is 437 g/mol. The predicted molar refractivity (Wildman–Crippen MR) is 120 cm³/mol. The highest BCUT2D eigenvalue weighted by Gasteiger charge is 2.19. The third kappa shape index (κ3) is 4.98. The smallest absolute Gasteiger partial charge is 0.254 e. The van der Waals surface area contributed by atoms with Crippen molar-refractivity contribution in [1.29, 1.82) is 0 Å². The number of ether oxygens (including phenoxy) is 1. The van der Waals surface area contributed by atoms with E-state index in [0.29, 0.717) is 35.3 Å². The molecule has 3 aromatic rings. The maximum Gasteiger partial charge on any atom is 0.254 e. The fourth-order valence-electron chi connectivity index (χ4n) is 2.79. The second-order valence-electron chi connectivity index (χ2n) is 6.44. The molecule has 12 heteroatoms. The van der Waals surface area contributed by atoms with Crippen LogP contribution in [0.1, 0.15) is 16.2 Å². The lowest BCUT2D eigenvalue weighted by molar-refractivity contribution is 0.100. The van der Waals surface area contributed by atoms with E-state index in [1.165, 1.54) is 19.5 Å². The highest BCUT2D eigenvalue weighted by molar-refractivity contribution is 5.98. The Labute approximate surface area is 183 Å². The van der Waals surface area contributed by atoms with Gasteiger partial charge in [0.15, 0.2) is 5.75 Å². The van der Waals surface area contributed by atoms with Crippen LogP contribution in [0.2, 0.25) is 0 Å². The first kappa shape index (κ1) is 22.2. The van der Waals surface area contributed by atoms with Crippen molar-refractivity contribution in [3.8, 4) is 17.2 Å². The van der Waals surface area contributed by atoms with E-state index in [9.17, 15) is 4.79 Å². The molecule has 0 radical (unpaired) electrons. The number of carbonyl (C=O) groups is 1. The van der Waals surface area contributed by atoms with Gasteiger partial charge in [0, 0.05) is 44.7 Å². The van der Waals surface area contributed by atoms with E-state index < -0.39 is 5.91 Å². The molecule has 1 amide bonds. The van der Waals surface area contributed by atoms with Gasteiger partial charge in [-0.3, -0.25) is 9.79 Å². The van der Waals surface area contributed by atoms with Crippen molar-refractivity contribution in [1.82, 2.24) is 20.2 Å². The lowest BCUT2D eigenvalue weighted by Gasteiger charge is -2.15. The largest absolute Gasteiger partial charge is 0.494 e. The van der Waals surface area contributed by atoms with Gasteiger partial charge >= 0.3 is 0 Å². The van der Waals surface area contributed by atoms with E-state index in [0.717, 1.165) is 5.57 Å². The number of primary amides is 1. The average Bonchev–Trinajstić information content (AvgIpc) is 3.22. The SMILES string of the molecule is CN=C/C(=C\N)CNc1ncc(C(N)=O)c(Nc2cccc(-c3nnc(C)o3)c2OC)n1. The van der Waals surface area contributed by atoms with Crippen LogP contribution < -0.4 is 26.8 Å². The van der Waals surface area contributed by atoms with Crippen LogP contribution in [-0.2, 0) is 0 Å². The summed E-state index contributed by atoms with van der Waals surface area (Å²) in [6.45, 7) is 2.02. The number of hydrogen-bond donors (Lipinski definition) is 4. The van der Waals surface area contributed by atoms with Gasteiger partial charge in [-0.05, 0) is 12.1 Å². The molecule has 0 fully saturated rings. The molecule has 1 aromatic carbocycles. The van der Waals surface area contributed by atoms with Crippen molar-refractivity contribution in [3.05, 3.63) is 47.6 Å². The molecule has 166 valence electrons. The lowest BCUT2D eigenvalue weighted by Crippen LogP contribution is -2.17. The Bertz CT molecular complexity index is 1170. The number of aryl methyl sites for hydroxylation is 1. The van der Waals surface area contributed by atoms with Crippen molar-refractivity contribution < 1.29 is 13.9 Å². The summed E-state index contributed by atoms with van der Waals surface area (Å²) in [4.78, 5) is 24.4. The number of amides is 1. The maximum absolute atomic E-state index is 11.9. The minimum Gasteiger partial charge on any atom is -0.494 e. The topological polar surface area (TPSA) is 179 Å². The summed E-state index contributed by atoms with van der Waals surface area (Å²) < 4.78 is 11.1. The summed E-state index contributed by atoms with van der Waals surface area (Å²) in [5, 5.41) is 14.0. The van der Waals surface area contributed by atoms with E-state index in [1.807, 2.05) is 0 Å². The summed E-state index contributed by atoms with van der Waals surface area (Å²) in [5.41, 5.74) is 13.0. The molecule has 0 aliphatic rings. The number of methoxy groups -OCH3 is 1. The van der Waals surface area contributed by atoms with Crippen LogP contribution in [0.5, 0.6) is 5.75 Å². The maximum atomic E-state index is 11.9. The first-order chi connectivity index (χ1) is 15.5. The van der Waals surface area contributed by atoms with Crippen LogP contribution in [0, 0.1) is 6.92 Å². The van der Waals surface area contributed by atoms with Gasteiger partial charge in [0.1, 0.15) is 11.4 Å². The normalized spacial score (nSPS) is 11.5. The Morgan fingerprint density at radius 3 is 2.78 bits per heavy atom. The minimum atomic E-state index is -0.692. The van der Waals surface area contributed by atoms with Crippen LogP contribution >= 0.6 is 0 Å². The van der Waals surface area contributed by atoms with Gasteiger partial charge in [0.25, 0.3) is 11.8 Å².